The number of benzene rings is 1. The van der Waals surface area contributed by atoms with Crippen molar-refractivity contribution in [3.8, 4) is 0 Å². The van der Waals surface area contributed by atoms with Crippen molar-refractivity contribution in [1.29, 1.82) is 0 Å². The van der Waals surface area contributed by atoms with Crippen LogP contribution in [0.1, 0.15) is 50.2 Å². The molecule has 1 fully saturated rings. The number of nitrogens with one attached hydrogen (secondary N) is 1. The van der Waals surface area contributed by atoms with E-state index in [0.717, 1.165) is 42.3 Å². The fraction of sp³-hybridized carbons (Fsp3) is 0.524. The number of thiazole rings is 1. The Morgan fingerprint density at radius 1 is 1.24 bits per heavy atom. The van der Waals surface area contributed by atoms with E-state index in [1.54, 1.807) is 30.4 Å². The zero-order chi connectivity index (χ0) is 21.0. The quantitative estimate of drug-likeness (QED) is 0.721. The number of piperidine rings is 1. The summed E-state index contributed by atoms with van der Waals surface area (Å²) in [6, 6.07) is 7.27. The summed E-state index contributed by atoms with van der Waals surface area (Å²) in [5, 5.41) is 6.17. The Hall–Kier alpha value is -1.93. The van der Waals surface area contributed by atoms with E-state index in [-0.39, 0.29) is 17.7 Å². The van der Waals surface area contributed by atoms with E-state index in [4.69, 9.17) is 0 Å². The Balaban J connectivity index is 1.49. The van der Waals surface area contributed by atoms with Gasteiger partial charge in [0.25, 0.3) is 0 Å². The standard InChI is InChI=1S/C21H29N3O3S2/c1-4-29(26,27)19-7-5-18(6-8-19)24-11-9-16(10-12-24)22-20(25)13-17-14-28-21(23-17)15(2)3/h5-8,14-16H,4,9-13H2,1-3H3,(H,22,25). The minimum atomic E-state index is -3.17. The summed E-state index contributed by atoms with van der Waals surface area (Å²) in [5.41, 5.74) is 1.87. The van der Waals surface area contributed by atoms with Crippen molar-refractivity contribution in [2.75, 3.05) is 23.7 Å². The van der Waals surface area contributed by atoms with Crippen LogP contribution in [0.25, 0.3) is 0 Å². The third-order valence-corrected chi connectivity index (χ3v) is 8.15. The molecule has 8 heteroatoms. The first-order chi connectivity index (χ1) is 13.8. The Bertz CT molecular complexity index is 928. The van der Waals surface area contributed by atoms with Gasteiger partial charge >= 0.3 is 0 Å². The molecule has 0 unspecified atom stereocenters. The lowest BCUT2D eigenvalue weighted by atomic mass is 10.0. The van der Waals surface area contributed by atoms with Gasteiger partial charge in [-0.05, 0) is 37.1 Å². The molecular formula is C21H29N3O3S2. The van der Waals surface area contributed by atoms with Gasteiger partial charge in [-0.25, -0.2) is 13.4 Å². The van der Waals surface area contributed by atoms with Crippen molar-refractivity contribution >= 4 is 32.8 Å². The first kappa shape index (κ1) is 21.8. The number of hydrogen-bond acceptors (Lipinski definition) is 6. The van der Waals surface area contributed by atoms with Crippen LogP contribution in [0.15, 0.2) is 34.5 Å². The molecule has 1 N–H and O–H groups in total. The van der Waals surface area contributed by atoms with Crippen molar-refractivity contribution in [2.24, 2.45) is 0 Å². The van der Waals surface area contributed by atoms with Crippen LogP contribution < -0.4 is 10.2 Å². The van der Waals surface area contributed by atoms with Crippen LogP contribution in [0, 0.1) is 0 Å². The largest absolute Gasteiger partial charge is 0.371 e. The minimum absolute atomic E-state index is 0.0261. The van der Waals surface area contributed by atoms with Gasteiger partial charge in [0, 0.05) is 36.1 Å². The first-order valence-corrected chi connectivity index (χ1v) is 12.6. The van der Waals surface area contributed by atoms with E-state index in [1.807, 2.05) is 17.5 Å². The average Bonchev–Trinajstić information content (AvgIpc) is 3.17. The molecule has 0 radical (unpaired) electrons. The van der Waals surface area contributed by atoms with Crippen molar-refractivity contribution in [3.05, 3.63) is 40.3 Å². The van der Waals surface area contributed by atoms with Crippen LogP contribution in [0.3, 0.4) is 0 Å². The van der Waals surface area contributed by atoms with Gasteiger partial charge in [-0.1, -0.05) is 20.8 Å². The second kappa shape index (κ2) is 9.26. The third kappa shape index (κ3) is 5.57. The van der Waals surface area contributed by atoms with Gasteiger partial charge in [0.2, 0.25) is 5.91 Å². The molecule has 158 valence electrons. The van der Waals surface area contributed by atoms with Crippen LogP contribution in [0.4, 0.5) is 5.69 Å². The van der Waals surface area contributed by atoms with E-state index in [2.05, 4.69) is 29.0 Å². The molecule has 2 aromatic rings. The molecule has 1 aliphatic rings. The molecule has 0 aliphatic carbocycles. The van der Waals surface area contributed by atoms with E-state index < -0.39 is 9.84 Å². The van der Waals surface area contributed by atoms with Crippen molar-refractivity contribution < 1.29 is 13.2 Å². The number of aromatic nitrogens is 1. The number of nitrogens with zero attached hydrogens (tertiary/aromatic N) is 2. The predicted octanol–water partition coefficient (Wildman–Crippen LogP) is 3.39. The topological polar surface area (TPSA) is 79.4 Å². The van der Waals surface area contributed by atoms with Gasteiger partial charge in [-0.3, -0.25) is 4.79 Å². The van der Waals surface area contributed by atoms with Crippen LogP contribution in [0.5, 0.6) is 0 Å². The highest BCUT2D eigenvalue weighted by Crippen LogP contribution is 2.23. The molecule has 2 heterocycles. The number of hydrogen-bond donors (Lipinski definition) is 1. The van der Waals surface area contributed by atoms with Crippen LogP contribution in [-0.2, 0) is 21.1 Å². The Kier molecular flexibility index (Phi) is 6.95. The summed E-state index contributed by atoms with van der Waals surface area (Å²) in [4.78, 5) is 19.5. The lowest BCUT2D eigenvalue weighted by molar-refractivity contribution is -0.121. The maximum atomic E-state index is 12.4. The summed E-state index contributed by atoms with van der Waals surface area (Å²) in [7, 11) is -3.17. The Labute approximate surface area is 177 Å². The highest BCUT2D eigenvalue weighted by molar-refractivity contribution is 7.91. The number of rotatable bonds is 7. The van der Waals surface area contributed by atoms with Crippen LogP contribution in [0.2, 0.25) is 0 Å². The number of carbonyl (C=O) groups excluding carboxylic acids is 1. The normalized spacial score (nSPS) is 15.7. The van der Waals surface area contributed by atoms with E-state index >= 15 is 0 Å². The maximum absolute atomic E-state index is 12.4. The molecule has 0 atom stereocenters. The van der Waals surface area contributed by atoms with Crippen molar-refractivity contribution in [2.45, 2.75) is 56.9 Å². The zero-order valence-corrected chi connectivity index (χ0v) is 18.9. The minimum Gasteiger partial charge on any atom is -0.371 e. The number of anilines is 1. The Morgan fingerprint density at radius 2 is 1.90 bits per heavy atom. The molecule has 29 heavy (non-hydrogen) atoms. The van der Waals surface area contributed by atoms with Gasteiger partial charge in [-0.15, -0.1) is 11.3 Å². The van der Waals surface area contributed by atoms with Crippen molar-refractivity contribution in [3.63, 3.8) is 0 Å². The fourth-order valence-electron chi connectivity index (χ4n) is 3.43. The van der Waals surface area contributed by atoms with Gasteiger partial charge in [-0.2, -0.15) is 0 Å². The highest BCUT2D eigenvalue weighted by atomic mass is 32.2. The Morgan fingerprint density at radius 3 is 2.45 bits per heavy atom. The molecule has 1 aromatic carbocycles. The molecule has 0 spiro atoms. The second-order valence-corrected chi connectivity index (χ2v) is 10.9. The third-order valence-electron chi connectivity index (χ3n) is 5.21. The van der Waals surface area contributed by atoms with Crippen LogP contribution in [-0.4, -0.2) is 44.2 Å². The average molecular weight is 436 g/mol. The molecule has 1 aliphatic heterocycles. The molecule has 1 aromatic heterocycles. The predicted molar refractivity (Wildman–Crippen MR) is 117 cm³/mol. The summed E-state index contributed by atoms with van der Waals surface area (Å²) < 4.78 is 23.9. The smallest absolute Gasteiger partial charge is 0.226 e. The molecule has 0 bridgehead atoms. The summed E-state index contributed by atoms with van der Waals surface area (Å²) >= 11 is 1.61. The SMILES string of the molecule is CCS(=O)(=O)c1ccc(N2CCC(NC(=O)Cc3csc(C(C)C)n3)CC2)cc1. The highest BCUT2D eigenvalue weighted by Gasteiger charge is 2.22. The van der Waals surface area contributed by atoms with Gasteiger partial charge < -0.3 is 10.2 Å². The second-order valence-electron chi connectivity index (χ2n) is 7.73. The molecule has 1 saturated heterocycles. The maximum Gasteiger partial charge on any atom is 0.226 e. The molecular weight excluding hydrogens is 406 g/mol. The number of amides is 1. The monoisotopic (exact) mass is 435 g/mol. The van der Waals surface area contributed by atoms with Gasteiger partial charge in [0.15, 0.2) is 9.84 Å². The molecule has 3 rings (SSSR count). The summed E-state index contributed by atoms with van der Waals surface area (Å²) in [6.07, 6.45) is 2.07. The van der Waals surface area contributed by atoms with Crippen molar-refractivity contribution in [1.82, 2.24) is 10.3 Å². The first-order valence-electron chi connectivity index (χ1n) is 10.1. The van der Waals surface area contributed by atoms with E-state index in [1.165, 1.54) is 0 Å². The van der Waals surface area contributed by atoms with E-state index in [9.17, 15) is 13.2 Å². The molecule has 6 nitrogen and oxygen atoms in total. The van der Waals surface area contributed by atoms with Gasteiger partial charge in [0.1, 0.15) is 0 Å². The lowest BCUT2D eigenvalue weighted by Gasteiger charge is -2.34. The summed E-state index contributed by atoms with van der Waals surface area (Å²) in [6.45, 7) is 7.53. The number of carbonyl (C=O) groups is 1. The summed E-state index contributed by atoms with van der Waals surface area (Å²) in [5.74, 6) is 0.521. The zero-order valence-electron chi connectivity index (χ0n) is 17.2. The fourth-order valence-corrected chi connectivity index (χ4v) is 5.14. The lowest BCUT2D eigenvalue weighted by Crippen LogP contribution is -2.45. The van der Waals surface area contributed by atoms with E-state index in [0.29, 0.717) is 17.2 Å². The number of sulfone groups is 1. The van der Waals surface area contributed by atoms with Gasteiger partial charge in [0.05, 0.1) is 27.8 Å². The molecule has 1 amide bonds. The molecule has 0 saturated carbocycles. The van der Waals surface area contributed by atoms with Crippen LogP contribution >= 0.6 is 11.3 Å².